The van der Waals surface area contributed by atoms with Crippen molar-refractivity contribution in [1.29, 1.82) is 5.26 Å². The van der Waals surface area contributed by atoms with Crippen LogP contribution in [0.25, 0.3) is 22.7 Å². The Balaban J connectivity index is 2.05. The highest BCUT2D eigenvalue weighted by molar-refractivity contribution is 14.1. The minimum absolute atomic E-state index is 0.337. The van der Waals surface area contributed by atoms with Crippen LogP contribution in [0.1, 0.15) is 18.3 Å². The summed E-state index contributed by atoms with van der Waals surface area (Å²) in [5.74, 6) is 1.29. The first-order chi connectivity index (χ1) is 12.5. The Labute approximate surface area is 163 Å². The van der Waals surface area contributed by atoms with Gasteiger partial charge in [0.15, 0.2) is 11.5 Å². The van der Waals surface area contributed by atoms with Crippen LogP contribution in [0.3, 0.4) is 0 Å². The summed E-state index contributed by atoms with van der Waals surface area (Å²) in [6, 6.07) is 10.1. The molecule has 1 aromatic heterocycles. The van der Waals surface area contributed by atoms with E-state index in [1.807, 2.05) is 13.0 Å². The van der Waals surface area contributed by atoms with Gasteiger partial charge < -0.3 is 14.5 Å². The zero-order chi connectivity index (χ0) is 18.7. The lowest BCUT2D eigenvalue weighted by molar-refractivity contribution is 0.308. The molecule has 0 saturated carbocycles. The fourth-order valence-electron chi connectivity index (χ4n) is 2.54. The molecule has 3 aromatic rings. The van der Waals surface area contributed by atoms with Crippen LogP contribution in [0.15, 0.2) is 30.3 Å². The Kier molecular flexibility index (Phi) is 5.42. The number of aromatic amines is 1. The van der Waals surface area contributed by atoms with Gasteiger partial charge in [0.1, 0.15) is 17.7 Å². The van der Waals surface area contributed by atoms with Gasteiger partial charge in [-0.25, -0.2) is 9.37 Å². The molecule has 2 aromatic carbocycles. The molecule has 0 amide bonds. The number of rotatable bonds is 5. The first-order valence-corrected chi connectivity index (χ1v) is 8.91. The standard InChI is InChI=1S/C19H15FIN3O2/c1-3-26-18-14(21)7-11(8-17(18)25-2)6-12(10-22)19-23-15-5-4-13(20)9-16(15)24-19/h4-9H,3H2,1-2H3,(H,23,24)/b12-6+. The normalized spacial score (nSPS) is 11.4. The highest BCUT2D eigenvalue weighted by Crippen LogP contribution is 2.35. The largest absolute Gasteiger partial charge is 0.493 e. The first-order valence-electron chi connectivity index (χ1n) is 7.83. The minimum Gasteiger partial charge on any atom is -0.493 e. The number of nitrogens with one attached hydrogen (secondary N) is 1. The summed E-state index contributed by atoms with van der Waals surface area (Å²) in [5.41, 5.74) is 2.25. The molecular weight excluding hydrogens is 448 g/mol. The van der Waals surface area contributed by atoms with Crippen LogP contribution in [0.5, 0.6) is 11.5 Å². The van der Waals surface area contributed by atoms with Crippen LogP contribution in [-0.4, -0.2) is 23.7 Å². The molecule has 1 heterocycles. The number of nitrogens with zero attached hydrogens (tertiary/aromatic N) is 2. The zero-order valence-electron chi connectivity index (χ0n) is 14.1. The molecule has 3 rings (SSSR count). The van der Waals surface area contributed by atoms with E-state index in [1.54, 1.807) is 25.3 Å². The molecule has 132 valence electrons. The minimum atomic E-state index is -0.360. The lowest BCUT2D eigenvalue weighted by Gasteiger charge is -2.12. The van der Waals surface area contributed by atoms with Crippen molar-refractivity contribution < 1.29 is 13.9 Å². The molecule has 0 saturated heterocycles. The molecule has 0 aliphatic heterocycles. The number of imidazole rings is 1. The summed E-state index contributed by atoms with van der Waals surface area (Å²) >= 11 is 2.16. The number of hydrogen-bond donors (Lipinski definition) is 1. The van der Waals surface area contributed by atoms with E-state index in [0.29, 0.717) is 40.5 Å². The first kappa shape index (κ1) is 18.2. The third-order valence-electron chi connectivity index (χ3n) is 3.67. The lowest BCUT2D eigenvalue weighted by Crippen LogP contribution is -1.98. The smallest absolute Gasteiger partial charge is 0.174 e. The van der Waals surface area contributed by atoms with E-state index in [9.17, 15) is 9.65 Å². The van der Waals surface area contributed by atoms with Gasteiger partial charge in [-0.3, -0.25) is 0 Å². The summed E-state index contributed by atoms with van der Waals surface area (Å²) in [6.45, 7) is 2.43. The van der Waals surface area contributed by atoms with E-state index in [4.69, 9.17) is 9.47 Å². The zero-order valence-corrected chi connectivity index (χ0v) is 16.3. The topological polar surface area (TPSA) is 70.9 Å². The van der Waals surface area contributed by atoms with Crippen molar-refractivity contribution in [3.8, 4) is 17.6 Å². The van der Waals surface area contributed by atoms with E-state index in [2.05, 4.69) is 38.6 Å². The quantitative estimate of drug-likeness (QED) is 0.437. The summed E-state index contributed by atoms with van der Waals surface area (Å²) < 4.78 is 25.2. The average Bonchev–Trinajstić information content (AvgIpc) is 3.04. The molecule has 0 aliphatic rings. The van der Waals surface area contributed by atoms with Crippen molar-refractivity contribution in [3.63, 3.8) is 0 Å². The monoisotopic (exact) mass is 463 g/mol. The molecule has 0 bridgehead atoms. The van der Waals surface area contributed by atoms with E-state index in [1.165, 1.54) is 12.1 Å². The second-order valence-corrected chi connectivity index (χ2v) is 6.55. The van der Waals surface area contributed by atoms with Crippen molar-refractivity contribution in [2.45, 2.75) is 6.92 Å². The van der Waals surface area contributed by atoms with Gasteiger partial charge in [0.25, 0.3) is 0 Å². The molecule has 5 nitrogen and oxygen atoms in total. The molecule has 0 aliphatic carbocycles. The lowest BCUT2D eigenvalue weighted by atomic mass is 10.1. The molecular formula is C19H15FIN3O2. The molecule has 1 N–H and O–H groups in total. The van der Waals surface area contributed by atoms with Gasteiger partial charge in [-0.05, 0) is 71.5 Å². The van der Waals surface area contributed by atoms with Gasteiger partial charge in [0.2, 0.25) is 0 Å². The van der Waals surface area contributed by atoms with E-state index >= 15 is 0 Å². The van der Waals surface area contributed by atoms with Crippen molar-refractivity contribution in [2.24, 2.45) is 0 Å². The van der Waals surface area contributed by atoms with Crippen molar-refractivity contribution >= 4 is 45.3 Å². The Hall–Kier alpha value is -2.60. The van der Waals surface area contributed by atoms with Gasteiger partial charge in [0, 0.05) is 0 Å². The van der Waals surface area contributed by atoms with Crippen LogP contribution in [0.4, 0.5) is 4.39 Å². The van der Waals surface area contributed by atoms with Crippen LogP contribution in [-0.2, 0) is 0 Å². The highest BCUT2D eigenvalue weighted by Gasteiger charge is 2.13. The van der Waals surface area contributed by atoms with Crippen LogP contribution >= 0.6 is 22.6 Å². The number of nitriles is 1. The SMILES string of the molecule is CCOc1c(I)cc(/C=C(\C#N)c2nc3ccc(F)cc3[nH]2)cc1OC. The van der Waals surface area contributed by atoms with Gasteiger partial charge >= 0.3 is 0 Å². The predicted octanol–water partition coefficient (Wildman–Crippen LogP) is 4.78. The van der Waals surface area contributed by atoms with Crippen LogP contribution in [0, 0.1) is 20.7 Å². The van der Waals surface area contributed by atoms with Crippen molar-refractivity contribution in [1.82, 2.24) is 9.97 Å². The number of methoxy groups -OCH3 is 1. The average molecular weight is 463 g/mol. The third-order valence-corrected chi connectivity index (χ3v) is 4.47. The van der Waals surface area contributed by atoms with Gasteiger partial charge in [0.05, 0.1) is 33.9 Å². The molecule has 0 atom stereocenters. The molecule has 7 heteroatoms. The molecule has 0 spiro atoms. The van der Waals surface area contributed by atoms with Crippen LogP contribution < -0.4 is 9.47 Å². The predicted molar refractivity (Wildman–Crippen MR) is 106 cm³/mol. The van der Waals surface area contributed by atoms with E-state index in [-0.39, 0.29) is 5.82 Å². The summed E-state index contributed by atoms with van der Waals surface area (Å²) in [6.07, 6.45) is 1.70. The summed E-state index contributed by atoms with van der Waals surface area (Å²) in [7, 11) is 1.57. The number of benzene rings is 2. The molecule has 26 heavy (non-hydrogen) atoms. The Bertz CT molecular complexity index is 1040. The van der Waals surface area contributed by atoms with E-state index < -0.39 is 0 Å². The second kappa shape index (κ2) is 7.74. The second-order valence-electron chi connectivity index (χ2n) is 5.38. The number of fused-ring (bicyclic) bond motifs is 1. The molecule has 0 radical (unpaired) electrons. The number of halogens is 2. The molecule has 0 unspecified atom stereocenters. The Morgan fingerprint density at radius 2 is 2.19 bits per heavy atom. The van der Waals surface area contributed by atoms with Crippen molar-refractivity contribution in [2.75, 3.05) is 13.7 Å². The maximum absolute atomic E-state index is 13.4. The van der Waals surface area contributed by atoms with Gasteiger partial charge in [-0.15, -0.1) is 0 Å². The number of aromatic nitrogens is 2. The van der Waals surface area contributed by atoms with Crippen LogP contribution in [0.2, 0.25) is 0 Å². The number of ether oxygens (including phenoxy) is 2. The Morgan fingerprint density at radius 3 is 2.88 bits per heavy atom. The molecule has 0 fully saturated rings. The highest BCUT2D eigenvalue weighted by atomic mass is 127. The maximum atomic E-state index is 13.4. The number of H-pyrrole nitrogens is 1. The maximum Gasteiger partial charge on any atom is 0.174 e. The number of hydrogen-bond acceptors (Lipinski definition) is 4. The fourth-order valence-corrected chi connectivity index (χ4v) is 3.32. The van der Waals surface area contributed by atoms with Gasteiger partial charge in [-0.1, -0.05) is 0 Å². The van der Waals surface area contributed by atoms with E-state index in [0.717, 1.165) is 9.13 Å². The summed E-state index contributed by atoms with van der Waals surface area (Å²) in [4.78, 5) is 7.35. The Morgan fingerprint density at radius 1 is 1.38 bits per heavy atom. The van der Waals surface area contributed by atoms with Crippen molar-refractivity contribution in [3.05, 3.63) is 51.1 Å². The third kappa shape index (κ3) is 3.65. The van der Waals surface area contributed by atoms with Gasteiger partial charge in [-0.2, -0.15) is 5.26 Å². The fraction of sp³-hybridized carbons (Fsp3) is 0.158. The summed E-state index contributed by atoms with van der Waals surface area (Å²) in [5, 5.41) is 9.54. The number of allylic oxidation sites excluding steroid dienone is 1.